The zero-order valence-electron chi connectivity index (χ0n) is 11.8. The minimum Gasteiger partial charge on any atom is -0.480 e. The number of anilines is 1. The van der Waals surface area contributed by atoms with E-state index in [2.05, 4.69) is 10.6 Å². The number of nitrogens with one attached hydrogen (secondary N) is 2. The van der Waals surface area contributed by atoms with Crippen LogP contribution in [0.1, 0.15) is 36.5 Å². The second-order valence-electron chi connectivity index (χ2n) is 5.20. The summed E-state index contributed by atoms with van der Waals surface area (Å²) in [6.45, 7) is 1.38. The highest BCUT2D eigenvalue weighted by Crippen LogP contribution is 2.28. The lowest BCUT2D eigenvalue weighted by Crippen LogP contribution is -2.38. The highest BCUT2D eigenvalue weighted by Gasteiger charge is 2.26. The molecule has 1 aromatic rings. The molecule has 2 rings (SSSR count). The molecule has 6 nitrogen and oxygen atoms in total. The van der Waals surface area contributed by atoms with Crippen LogP contribution in [0.4, 0.5) is 5.69 Å². The van der Waals surface area contributed by atoms with Crippen molar-refractivity contribution < 1.29 is 19.5 Å². The van der Waals surface area contributed by atoms with E-state index in [0.717, 1.165) is 19.3 Å². The number of benzene rings is 1. The molecular formula is C15H18N2O4. The summed E-state index contributed by atoms with van der Waals surface area (Å²) in [4.78, 5) is 34.8. The molecule has 0 aliphatic heterocycles. The van der Waals surface area contributed by atoms with E-state index in [-0.39, 0.29) is 17.4 Å². The Bertz CT molecular complexity index is 567. The smallest absolute Gasteiger partial charge is 0.325 e. The Balaban J connectivity index is 2.10. The fourth-order valence-corrected chi connectivity index (χ4v) is 2.03. The average Bonchev–Trinajstić information content (AvgIpc) is 2.36. The first-order valence-corrected chi connectivity index (χ1v) is 6.92. The predicted molar refractivity (Wildman–Crippen MR) is 77.0 cm³/mol. The third kappa shape index (κ3) is 3.59. The first kappa shape index (κ1) is 15.0. The van der Waals surface area contributed by atoms with E-state index < -0.39 is 17.9 Å². The summed E-state index contributed by atoms with van der Waals surface area (Å²) >= 11 is 0. The molecule has 1 unspecified atom stereocenters. The summed E-state index contributed by atoms with van der Waals surface area (Å²) in [5.74, 6) is -1.71. The van der Waals surface area contributed by atoms with Gasteiger partial charge in [-0.3, -0.25) is 14.4 Å². The lowest BCUT2D eigenvalue weighted by molar-refractivity contribution is -0.138. The molecule has 1 saturated carbocycles. The number of carbonyl (C=O) groups excluding carboxylic acids is 2. The van der Waals surface area contributed by atoms with Gasteiger partial charge >= 0.3 is 5.97 Å². The molecule has 0 aromatic heterocycles. The minimum absolute atomic E-state index is 0.0130. The third-order valence-corrected chi connectivity index (χ3v) is 3.62. The molecule has 1 aliphatic carbocycles. The number of hydrogen-bond acceptors (Lipinski definition) is 3. The molecule has 3 N–H and O–H groups in total. The quantitative estimate of drug-likeness (QED) is 0.768. The molecule has 6 heteroatoms. The molecule has 0 spiro atoms. The van der Waals surface area contributed by atoms with E-state index in [4.69, 9.17) is 5.11 Å². The van der Waals surface area contributed by atoms with Crippen LogP contribution in [0.5, 0.6) is 0 Å². The molecule has 0 radical (unpaired) electrons. The van der Waals surface area contributed by atoms with Gasteiger partial charge in [-0.25, -0.2) is 0 Å². The van der Waals surface area contributed by atoms with Crippen molar-refractivity contribution in [3.05, 3.63) is 29.8 Å². The SMILES string of the molecule is CC(NC(=O)c1ccccc1NC(=O)C1CCC1)C(=O)O. The maximum Gasteiger partial charge on any atom is 0.325 e. The zero-order valence-corrected chi connectivity index (χ0v) is 11.8. The molecule has 1 aliphatic rings. The van der Waals surface area contributed by atoms with E-state index in [0.29, 0.717) is 5.69 Å². The number of carboxylic acids is 1. The van der Waals surface area contributed by atoms with Gasteiger partial charge in [-0.05, 0) is 31.9 Å². The molecule has 0 bridgehead atoms. The Hall–Kier alpha value is -2.37. The molecule has 21 heavy (non-hydrogen) atoms. The summed E-state index contributed by atoms with van der Waals surface area (Å²) in [6, 6.07) is 5.58. The van der Waals surface area contributed by atoms with E-state index >= 15 is 0 Å². The Kier molecular flexibility index (Phi) is 4.57. The fraction of sp³-hybridized carbons (Fsp3) is 0.400. The standard InChI is InChI=1S/C15H18N2O4/c1-9(15(20)21)16-14(19)11-7-2-3-8-12(11)17-13(18)10-5-4-6-10/h2-3,7-10H,4-6H2,1H3,(H,16,19)(H,17,18)(H,20,21). The van der Waals surface area contributed by atoms with Gasteiger partial charge in [-0.2, -0.15) is 0 Å². The van der Waals surface area contributed by atoms with Crippen molar-refractivity contribution in [3.8, 4) is 0 Å². The van der Waals surface area contributed by atoms with Crippen LogP contribution in [0, 0.1) is 5.92 Å². The Labute approximate surface area is 122 Å². The monoisotopic (exact) mass is 290 g/mol. The lowest BCUT2D eigenvalue weighted by Gasteiger charge is -2.24. The number of aliphatic carboxylic acids is 1. The second-order valence-corrected chi connectivity index (χ2v) is 5.20. The molecule has 1 fully saturated rings. The third-order valence-electron chi connectivity index (χ3n) is 3.62. The molecule has 1 aromatic carbocycles. The van der Waals surface area contributed by atoms with Crippen molar-refractivity contribution in [2.24, 2.45) is 5.92 Å². The Morgan fingerprint density at radius 1 is 1.24 bits per heavy atom. The summed E-state index contributed by atoms with van der Waals surface area (Å²) in [7, 11) is 0. The molecule has 2 amide bonds. The van der Waals surface area contributed by atoms with Crippen LogP contribution in [0.15, 0.2) is 24.3 Å². The normalized spacial score (nSPS) is 15.7. The van der Waals surface area contributed by atoms with Gasteiger partial charge < -0.3 is 15.7 Å². The molecule has 0 heterocycles. The van der Waals surface area contributed by atoms with E-state index in [1.807, 2.05) is 0 Å². The van der Waals surface area contributed by atoms with Crippen LogP contribution in [0.2, 0.25) is 0 Å². The van der Waals surface area contributed by atoms with E-state index in [9.17, 15) is 14.4 Å². The van der Waals surface area contributed by atoms with Gasteiger partial charge in [0.15, 0.2) is 0 Å². The van der Waals surface area contributed by atoms with Crippen LogP contribution >= 0.6 is 0 Å². The average molecular weight is 290 g/mol. The van der Waals surface area contributed by atoms with E-state index in [1.54, 1.807) is 24.3 Å². The summed E-state index contributed by atoms with van der Waals surface area (Å²) in [5.41, 5.74) is 0.669. The predicted octanol–water partition coefficient (Wildman–Crippen LogP) is 1.63. The van der Waals surface area contributed by atoms with Gasteiger partial charge in [0.05, 0.1) is 11.3 Å². The second kappa shape index (κ2) is 6.39. The van der Waals surface area contributed by atoms with Crippen molar-refractivity contribution in [2.75, 3.05) is 5.32 Å². The van der Waals surface area contributed by atoms with Crippen molar-refractivity contribution in [1.82, 2.24) is 5.32 Å². The van der Waals surface area contributed by atoms with Crippen molar-refractivity contribution in [2.45, 2.75) is 32.2 Å². The van der Waals surface area contributed by atoms with Gasteiger partial charge in [0.2, 0.25) is 5.91 Å². The topological polar surface area (TPSA) is 95.5 Å². The highest BCUT2D eigenvalue weighted by atomic mass is 16.4. The number of carbonyl (C=O) groups is 3. The van der Waals surface area contributed by atoms with Gasteiger partial charge in [0.1, 0.15) is 6.04 Å². The van der Waals surface area contributed by atoms with Crippen LogP contribution in [0.3, 0.4) is 0 Å². The highest BCUT2D eigenvalue weighted by molar-refractivity contribution is 6.05. The first-order valence-electron chi connectivity index (χ1n) is 6.92. The van der Waals surface area contributed by atoms with E-state index in [1.165, 1.54) is 6.92 Å². The fourth-order valence-electron chi connectivity index (χ4n) is 2.03. The first-order chi connectivity index (χ1) is 9.99. The maximum absolute atomic E-state index is 12.1. The summed E-state index contributed by atoms with van der Waals surface area (Å²) in [6.07, 6.45) is 2.79. The lowest BCUT2D eigenvalue weighted by atomic mass is 9.85. The van der Waals surface area contributed by atoms with Gasteiger partial charge in [-0.15, -0.1) is 0 Å². The van der Waals surface area contributed by atoms with Crippen LogP contribution in [-0.4, -0.2) is 28.9 Å². The van der Waals surface area contributed by atoms with Gasteiger partial charge in [0.25, 0.3) is 5.91 Å². The van der Waals surface area contributed by atoms with Crippen molar-refractivity contribution >= 4 is 23.5 Å². The maximum atomic E-state index is 12.1. The number of amides is 2. The number of rotatable bonds is 5. The summed E-state index contributed by atoms with van der Waals surface area (Å²) < 4.78 is 0. The van der Waals surface area contributed by atoms with Crippen LogP contribution < -0.4 is 10.6 Å². The zero-order chi connectivity index (χ0) is 15.4. The summed E-state index contributed by atoms with van der Waals surface area (Å²) in [5, 5.41) is 13.9. The number of carboxylic acid groups (broad SMARTS) is 1. The van der Waals surface area contributed by atoms with Crippen molar-refractivity contribution in [3.63, 3.8) is 0 Å². The minimum atomic E-state index is -1.11. The number of hydrogen-bond donors (Lipinski definition) is 3. The number of para-hydroxylation sites is 1. The Morgan fingerprint density at radius 2 is 1.90 bits per heavy atom. The largest absolute Gasteiger partial charge is 0.480 e. The molecule has 112 valence electrons. The Morgan fingerprint density at radius 3 is 2.48 bits per heavy atom. The molecule has 0 saturated heterocycles. The van der Waals surface area contributed by atoms with Crippen LogP contribution in [0.25, 0.3) is 0 Å². The van der Waals surface area contributed by atoms with Crippen molar-refractivity contribution in [1.29, 1.82) is 0 Å². The van der Waals surface area contributed by atoms with Crippen LogP contribution in [-0.2, 0) is 9.59 Å². The molecule has 1 atom stereocenters. The van der Waals surface area contributed by atoms with Gasteiger partial charge in [-0.1, -0.05) is 18.6 Å². The van der Waals surface area contributed by atoms with Gasteiger partial charge in [0, 0.05) is 5.92 Å². The molecular weight excluding hydrogens is 272 g/mol.